The molecule has 1 unspecified atom stereocenters. The van der Waals surface area contributed by atoms with Gasteiger partial charge in [-0.25, -0.2) is 13.4 Å². The molecule has 2 fully saturated rings. The number of carbonyl (C=O) groups excluding carboxylic acids is 1. The van der Waals surface area contributed by atoms with Crippen molar-refractivity contribution >= 4 is 15.7 Å². The van der Waals surface area contributed by atoms with Crippen LogP contribution in [-0.4, -0.2) is 65.0 Å². The van der Waals surface area contributed by atoms with Crippen LogP contribution in [0.4, 0.5) is 0 Å². The monoisotopic (exact) mass is 444 g/mol. The van der Waals surface area contributed by atoms with Crippen LogP contribution in [0.3, 0.4) is 0 Å². The second-order valence-electron chi connectivity index (χ2n) is 7.83. The topological polar surface area (TPSA) is 129 Å². The number of likely N-dealkylation sites (tertiary alicyclic amines) is 1. The lowest BCUT2D eigenvalue weighted by molar-refractivity contribution is 0.0498. The van der Waals surface area contributed by atoms with Crippen molar-refractivity contribution in [2.75, 3.05) is 26.0 Å². The molecule has 1 spiro atoms. The third-order valence-electron chi connectivity index (χ3n) is 6.09. The fourth-order valence-electron chi connectivity index (χ4n) is 4.35. The Balaban J connectivity index is 1.34. The van der Waals surface area contributed by atoms with Gasteiger partial charge in [0.2, 0.25) is 5.89 Å². The molecule has 2 aliphatic heterocycles. The molecule has 1 amide bonds. The van der Waals surface area contributed by atoms with Crippen LogP contribution in [0.25, 0.3) is 0 Å². The second kappa shape index (κ2) is 7.19. The number of aromatic nitrogens is 3. The lowest BCUT2D eigenvalue weighted by Crippen LogP contribution is -2.67. The molecule has 162 valence electrons. The Morgan fingerprint density at radius 3 is 2.74 bits per heavy atom. The van der Waals surface area contributed by atoms with Gasteiger partial charge in [-0.1, -0.05) is 17.3 Å². The second-order valence-corrected chi connectivity index (χ2v) is 10.3. The average molecular weight is 444 g/mol. The molecule has 1 aromatic carbocycles. The maximum atomic E-state index is 12.9. The van der Waals surface area contributed by atoms with E-state index in [0.29, 0.717) is 24.6 Å². The van der Waals surface area contributed by atoms with Crippen molar-refractivity contribution in [2.24, 2.45) is 0 Å². The summed E-state index contributed by atoms with van der Waals surface area (Å²) in [6.45, 7) is 0.143. The maximum absolute atomic E-state index is 12.9. The lowest BCUT2D eigenvalue weighted by Gasteiger charge is -2.48. The fraction of sp³-hybridized carbons (Fsp3) is 0.400. The van der Waals surface area contributed by atoms with Crippen molar-refractivity contribution in [1.82, 2.24) is 20.0 Å². The number of carbonyl (C=O) groups is 1. The number of hydrogen-bond donors (Lipinski definition) is 0. The van der Waals surface area contributed by atoms with Crippen molar-refractivity contribution in [3.8, 4) is 5.75 Å². The molecular formula is C20H20N4O6S. The zero-order chi connectivity index (χ0) is 21.6. The number of sulfone groups is 1. The van der Waals surface area contributed by atoms with E-state index in [1.54, 1.807) is 7.11 Å². The molecule has 1 atom stereocenters. The summed E-state index contributed by atoms with van der Waals surface area (Å²) in [5.74, 6) is 0.764. The van der Waals surface area contributed by atoms with Crippen LogP contribution in [0.15, 0.2) is 45.9 Å². The van der Waals surface area contributed by atoms with Gasteiger partial charge in [-0.2, -0.15) is 4.98 Å². The van der Waals surface area contributed by atoms with Gasteiger partial charge in [0.25, 0.3) is 5.91 Å². The first-order chi connectivity index (χ1) is 14.9. The van der Waals surface area contributed by atoms with E-state index in [9.17, 15) is 13.2 Å². The number of rotatable bonds is 5. The van der Waals surface area contributed by atoms with Gasteiger partial charge in [0, 0.05) is 19.5 Å². The molecule has 0 N–H and O–H groups in total. The van der Waals surface area contributed by atoms with Crippen molar-refractivity contribution < 1.29 is 26.9 Å². The normalized spacial score (nSPS) is 21.2. The van der Waals surface area contributed by atoms with Crippen LogP contribution in [-0.2, 0) is 16.3 Å². The predicted octanol–water partition coefficient (Wildman–Crippen LogP) is 1.45. The minimum Gasteiger partial charge on any atom is -0.497 e. The molecule has 3 aromatic rings. The molecule has 5 rings (SSSR count). The van der Waals surface area contributed by atoms with Gasteiger partial charge in [-0.15, -0.1) is 0 Å². The Kier molecular flexibility index (Phi) is 4.58. The highest BCUT2D eigenvalue weighted by Crippen LogP contribution is 2.49. The molecule has 10 nitrogen and oxygen atoms in total. The Morgan fingerprint density at radius 1 is 1.29 bits per heavy atom. The van der Waals surface area contributed by atoms with Crippen LogP contribution in [0.1, 0.15) is 40.1 Å². The summed E-state index contributed by atoms with van der Waals surface area (Å²) in [5.41, 5.74) is 1.14. The molecule has 0 saturated carbocycles. The first-order valence-corrected chi connectivity index (χ1v) is 11.4. The van der Waals surface area contributed by atoms with E-state index in [2.05, 4.69) is 15.1 Å². The highest BCUT2D eigenvalue weighted by Gasteiger charge is 2.64. The summed E-state index contributed by atoms with van der Waals surface area (Å²) < 4.78 is 40.2. The van der Waals surface area contributed by atoms with E-state index in [-0.39, 0.29) is 30.4 Å². The Bertz CT molecular complexity index is 1200. The van der Waals surface area contributed by atoms with Crippen LogP contribution < -0.4 is 4.74 Å². The molecule has 2 saturated heterocycles. The number of methoxy groups -OCH3 is 1. The molecule has 0 aliphatic carbocycles. The molecule has 4 heterocycles. The Morgan fingerprint density at radius 2 is 2.06 bits per heavy atom. The summed E-state index contributed by atoms with van der Waals surface area (Å²) in [5, 5.41) is 4.05. The molecule has 2 aromatic heterocycles. The summed E-state index contributed by atoms with van der Waals surface area (Å²) in [4.78, 5) is 22.3. The van der Waals surface area contributed by atoms with Gasteiger partial charge in [-0.3, -0.25) is 4.79 Å². The molecule has 0 bridgehead atoms. The van der Waals surface area contributed by atoms with E-state index >= 15 is 0 Å². The van der Waals surface area contributed by atoms with E-state index in [4.69, 9.17) is 13.7 Å². The van der Waals surface area contributed by atoms with Crippen LogP contribution in [0, 0.1) is 0 Å². The Hall–Kier alpha value is -3.21. The third kappa shape index (κ3) is 3.19. The van der Waals surface area contributed by atoms with E-state index < -0.39 is 20.5 Å². The van der Waals surface area contributed by atoms with Gasteiger partial charge in [-0.05, 0) is 24.1 Å². The van der Waals surface area contributed by atoms with Crippen molar-refractivity contribution in [2.45, 2.75) is 23.5 Å². The number of amides is 1. The SMILES string of the molecule is COc1ccc(Cc2noc(C3CCS(=O)(=O)C34CN(C(=O)c3cocn3)C4)n2)cc1. The zero-order valence-electron chi connectivity index (χ0n) is 16.7. The summed E-state index contributed by atoms with van der Waals surface area (Å²) in [6.07, 6.45) is 3.26. The number of oxazole rings is 1. The maximum Gasteiger partial charge on any atom is 0.275 e. The fourth-order valence-corrected chi connectivity index (χ4v) is 6.66. The average Bonchev–Trinajstić information content (AvgIpc) is 3.46. The summed E-state index contributed by atoms with van der Waals surface area (Å²) in [7, 11) is -1.82. The zero-order valence-corrected chi connectivity index (χ0v) is 17.5. The minimum absolute atomic E-state index is 0.0276. The quantitative estimate of drug-likeness (QED) is 0.574. The van der Waals surface area contributed by atoms with Crippen molar-refractivity contribution in [3.63, 3.8) is 0 Å². The Labute approximate surface area is 178 Å². The number of ether oxygens (including phenoxy) is 1. The highest BCUT2D eigenvalue weighted by atomic mass is 32.2. The van der Waals surface area contributed by atoms with Gasteiger partial charge in [0.1, 0.15) is 16.8 Å². The van der Waals surface area contributed by atoms with E-state index in [1.807, 2.05) is 24.3 Å². The van der Waals surface area contributed by atoms with Gasteiger partial charge in [0.05, 0.1) is 18.8 Å². The predicted molar refractivity (Wildman–Crippen MR) is 106 cm³/mol. The molecule has 31 heavy (non-hydrogen) atoms. The highest BCUT2D eigenvalue weighted by molar-refractivity contribution is 7.93. The molecule has 2 aliphatic rings. The van der Waals surface area contributed by atoms with Gasteiger partial charge in [0.15, 0.2) is 27.7 Å². The van der Waals surface area contributed by atoms with Crippen LogP contribution in [0.2, 0.25) is 0 Å². The standard InChI is InChI=1S/C20H20N4O6S/c1-28-14-4-2-13(3-5-14)8-17-22-18(30-23-17)15-6-7-31(26,27)20(15)10-24(11-20)19(25)16-9-29-12-21-16/h2-5,9,12,15H,6-8,10-11H2,1H3. The van der Waals surface area contributed by atoms with Crippen molar-refractivity contribution in [3.05, 3.63) is 59.9 Å². The van der Waals surface area contributed by atoms with Gasteiger partial charge >= 0.3 is 0 Å². The van der Waals surface area contributed by atoms with Gasteiger partial charge < -0.3 is 18.6 Å². The molecule has 11 heteroatoms. The molecule has 0 radical (unpaired) electrons. The van der Waals surface area contributed by atoms with Crippen LogP contribution in [0.5, 0.6) is 5.75 Å². The number of hydrogen-bond acceptors (Lipinski definition) is 9. The minimum atomic E-state index is -3.42. The number of nitrogens with zero attached hydrogens (tertiary/aromatic N) is 4. The lowest BCUT2D eigenvalue weighted by atomic mass is 9.83. The van der Waals surface area contributed by atoms with Crippen LogP contribution >= 0.6 is 0 Å². The first-order valence-electron chi connectivity index (χ1n) is 9.77. The largest absolute Gasteiger partial charge is 0.497 e. The third-order valence-corrected chi connectivity index (χ3v) is 8.64. The number of benzene rings is 1. The molecular weight excluding hydrogens is 424 g/mol. The summed E-state index contributed by atoms with van der Waals surface area (Å²) >= 11 is 0. The van der Waals surface area contributed by atoms with E-state index in [0.717, 1.165) is 11.3 Å². The van der Waals surface area contributed by atoms with Crippen molar-refractivity contribution in [1.29, 1.82) is 0 Å². The van der Waals surface area contributed by atoms with E-state index in [1.165, 1.54) is 17.6 Å². The smallest absolute Gasteiger partial charge is 0.275 e. The summed E-state index contributed by atoms with van der Waals surface area (Å²) in [6, 6.07) is 7.53. The first kappa shape index (κ1) is 19.7.